The summed E-state index contributed by atoms with van der Waals surface area (Å²) in [5, 5.41) is 6.47. The lowest BCUT2D eigenvalue weighted by atomic mass is 9.87. The fourth-order valence-electron chi connectivity index (χ4n) is 3.22. The van der Waals surface area contributed by atoms with E-state index in [1.54, 1.807) is 7.11 Å². The third-order valence-electron chi connectivity index (χ3n) is 4.36. The van der Waals surface area contributed by atoms with E-state index in [4.69, 9.17) is 4.74 Å². The summed E-state index contributed by atoms with van der Waals surface area (Å²) in [4.78, 5) is 11.8. The van der Waals surface area contributed by atoms with Gasteiger partial charge in [-0.3, -0.25) is 4.79 Å². The van der Waals surface area contributed by atoms with Crippen LogP contribution in [-0.4, -0.2) is 31.6 Å². The first kappa shape index (κ1) is 13.4. The average Bonchev–Trinajstić information content (AvgIpc) is 2.49. The van der Waals surface area contributed by atoms with Crippen molar-refractivity contribution < 1.29 is 9.53 Å². The predicted octanol–water partition coefficient (Wildman–Crippen LogP) is 1.42. The molecule has 4 heteroatoms. The molecule has 2 N–H and O–H groups in total. The summed E-state index contributed by atoms with van der Waals surface area (Å²) < 4.78 is 5.30. The van der Waals surface area contributed by atoms with Gasteiger partial charge >= 0.3 is 0 Å². The average molecular weight is 274 g/mol. The molecule has 1 aliphatic carbocycles. The third kappa shape index (κ3) is 2.80. The van der Waals surface area contributed by atoms with Crippen molar-refractivity contribution in [1.29, 1.82) is 0 Å². The molecule has 1 aliphatic heterocycles. The highest BCUT2D eigenvalue weighted by Crippen LogP contribution is 2.26. The van der Waals surface area contributed by atoms with E-state index in [2.05, 4.69) is 22.8 Å². The van der Waals surface area contributed by atoms with Gasteiger partial charge in [-0.2, -0.15) is 0 Å². The first-order valence-corrected chi connectivity index (χ1v) is 7.46. The number of rotatable bonds is 3. The molecule has 0 aromatic heterocycles. The number of piperidine rings is 1. The summed E-state index contributed by atoms with van der Waals surface area (Å²) in [6.07, 6.45) is 5.18. The van der Waals surface area contributed by atoms with E-state index in [-0.39, 0.29) is 11.9 Å². The predicted molar refractivity (Wildman–Crippen MR) is 78.0 cm³/mol. The first-order chi connectivity index (χ1) is 9.76. The molecular formula is C16H22N2O2. The number of carbonyl (C=O) groups excluding carboxylic acids is 1. The molecule has 2 atom stereocenters. The van der Waals surface area contributed by atoms with Crippen molar-refractivity contribution in [3.8, 4) is 5.75 Å². The highest BCUT2D eigenvalue weighted by atomic mass is 16.5. The number of carbonyl (C=O) groups is 1. The molecule has 108 valence electrons. The van der Waals surface area contributed by atoms with Gasteiger partial charge in [-0.05, 0) is 55.4 Å². The van der Waals surface area contributed by atoms with Crippen molar-refractivity contribution in [3.05, 3.63) is 29.3 Å². The molecule has 4 nitrogen and oxygen atoms in total. The molecule has 1 fully saturated rings. The van der Waals surface area contributed by atoms with Gasteiger partial charge in [-0.1, -0.05) is 6.07 Å². The number of hydrogen-bond acceptors (Lipinski definition) is 3. The van der Waals surface area contributed by atoms with Crippen LogP contribution in [0.5, 0.6) is 5.75 Å². The summed E-state index contributed by atoms with van der Waals surface area (Å²) in [6, 6.07) is 6.70. The number of aryl methyl sites for hydroxylation is 1. The van der Waals surface area contributed by atoms with Gasteiger partial charge in [0.1, 0.15) is 5.75 Å². The lowest BCUT2D eigenvalue weighted by molar-refractivity contribution is -0.124. The molecule has 3 rings (SSSR count). The van der Waals surface area contributed by atoms with E-state index in [9.17, 15) is 4.79 Å². The van der Waals surface area contributed by atoms with Crippen LogP contribution in [0.1, 0.15) is 30.4 Å². The van der Waals surface area contributed by atoms with E-state index in [0.29, 0.717) is 6.04 Å². The van der Waals surface area contributed by atoms with Gasteiger partial charge in [0.15, 0.2) is 0 Å². The number of benzene rings is 1. The maximum Gasteiger partial charge on any atom is 0.237 e. The topological polar surface area (TPSA) is 50.4 Å². The molecule has 1 saturated heterocycles. The van der Waals surface area contributed by atoms with Crippen molar-refractivity contribution >= 4 is 5.91 Å². The normalized spacial score (nSPS) is 25.8. The van der Waals surface area contributed by atoms with Gasteiger partial charge in [-0.15, -0.1) is 0 Å². The molecule has 0 bridgehead atoms. The highest BCUT2D eigenvalue weighted by Gasteiger charge is 2.26. The summed E-state index contributed by atoms with van der Waals surface area (Å²) in [5.74, 6) is 1.08. The molecule has 2 aliphatic rings. The van der Waals surface area contributed by atoms with Crippen LogP contribution in [0.2, 0.25) is 0 Å². The minimum absolute atomic E-state index is 0.0130. The summed E-state index contributed by atoms with van der Waals surface area (Å²) >= 11 is 0. The van der Waals surface area contributed by atoms with Crippen molar-refractivity contribution in [3.63, 3.8) is 0 Å². The fourth-order valence-corrected chi connectivity index (χ4v) is 3.22. The van der Waals surface area contributed by atoms with E-state index in [1.807, 2.05) is 6.07 Å². The Morgan fingerprint density at radius 1 is 1.30 bits per heavy atom. The number of fused-ring (bicyclic) bond motifs is 1. The van der Waals surface area contributed by atoms with Gasteiger partial charge in [0.2, 0.25) is 5.91 Å². The molecule has 1 aromatic carbocycles. The third-order valence-corrected chi connectivity index (χ3v) is 4.36. The quantitative estimate of drug-likeness (QED) is 0.876. The van der Waals surface area contributed by atoms with Crippen LogP contribution in [0.3, 0.4) is 0 Å². The maximum atomic E-state index is 11.8. The van der Waals surface area contributed by atoms with Crippen molar-refractivity contribution in [2.24, 2.45) is 0 Å². The summed E-state index contributed by atoms with van der Waals surface area (Å²) in [5.41, 5.74) is 2.77. The van der Waals surface area contributed by atoms with Gasteiger partial charge in [0.05, 0.1) is 13.2 Å². The van der Waals surface area contributed by atoms with Crippen LogP contribution in [0.15, 0.2) is 18.2 Å². The lowest BCUT2D eigenvalue weighted by Crippen LogP contribution is -2.52. The standard InChI is InChI=1S/C16H22N2O2/c1-20-14-7-5-11-4-6-13(9-12(11)10-14)18-15-3-2-8-17-16(15)19/h5,7,10,13,15,18H,2-4,6,8-9H2,1H3,(H,17,19). The number of methoxy groups -OCH3 is 1. The molecule has 1 amide bonds. The summed E-state index contributed by atoms with van der Waals surface area (Å²) in [7, 11) is 1.70. The SMILES string of the molecule is COc1ccc2c(c1)CC(NC1CCCNC1=O)CC2. The van der Waals surface area contributed by atoms with Crippen LogP contribution in [0.4, 0.5) is 0 Å². The minimum atomic E-state index is -0.0130. The van der Waals surface area contributed by atoms with Crippen LogP contribution >= 0.6 is 0 Å². The van der Waals surface area contributed by atoms with Crippen LogP contribution < -0.4 is 15.4 Å². The Hall–Kier alpha value is -1.55. The maximum absolute atomic E-state index is 11.8. The Morgan fingerprint density at radius 2 is 2.20 bits per heavy atom. The van der Waals surface area contributed by atoms with Gasteiger partial charge in [0, 0.05) is 12.6 Å². The second-order valence-corrected chi connectivity index (χ2v) is 5.73. The second kappa shape index (κ2) is 5.83. The summed E-state index contributed by atoms with van der Waals surface area (Å²) in [6.45, 7) is 0.821. The molecule has 2 unspecified atom stereocenters. The van der Waals surface area contributed by atoms with Crippen molar-refractivity contribution in [2.75, 3.05) is 13.7 Å². The van der Waals surface area contributed by atoms with Crippen LogP contribution in [0, 0.1) is 0 Å². The molecule has 1 heterocycles. The van der Waals surface area contributed by atoms with Crippen molar-refractivity contribution in [2.45, 2.75) is 44.2 Å². The number of amides is 1. The molecule has 0 saturated carbocycles. The number of hydrogen-bond donors (Lipinski definition) is 2. The Bertz CT molecular complexity index is 501. The molecule has 0 radical (unpaired) electrons. The Balaban J connectivity index is 1.66. The lowest BCUT2D eigenvalue weighted by Gasteiger charge is -2.31. The fraction of sp³-hybridized carbons (Fsp3) is 0.562. The Kier molecular flexibility index (Phi) is 3.92. The van der Waals surface area contributed by atoms with E-state index < -0.39 is 0 Å². The minimum Gasteiger partial charge on any atom is -0.497 e. The number of ether oxygens (including phenoxy) is 1. The van der Waals surface area contributed by atoms with Crippen LogP contribution in [-0.2, 0) is 17.6 Å². The van der Waals surface area contributed by atoms with Crippen LogP contribution in [0.25, 0.3) is 0 Å². The molecular weight excluding hydrogens is 252 g/mol. The second-order valence-electron chi connectivity index (χ2n) is 5.73. The zero-order valence-electron chi connectivity index (χ0n) is 11.9. The largest absolute Gasteiger partial charge is 0.497 e. The monoisotopic (exact) mass is 274 g/mol. The van der Waals surface area contributed by atoms with Crippen molar-refractivity contribution in [1.82, 2.24) is 10.6 Å². The molecule has 0 spiro atoms. The smallest absolute Gasteiger partial charge is 0.237 e. The van der Waals surface area contributed by atoms with Gasteiger partial charge < -0.3 is 15.4 Å². The Labute approximate surface area is 119 Å². The van der Waals surface area contributed by atoms with Gasteiger partial charge in [-0.25, -0.2) is 0 Å². The van der Waals surface area contributed by atoms with E-state index in [1.165, 1.54) is 11.1 Å². The zero-order valence-corrected chi connectivity index (χ0v) is 11.9. The zero-order chi connectivity index (χ0) is 13.9. The Morgan fingerprint density at radius 3 is 3.00 bits per heavy atom. The molecule has 1 aromatic rings. The van der Waals surface area contributed by atoms with E-state index >= 15 is 0 Å². The van der Waals surface area contributed by atoms with Gasteiger partial charge in [0.25, 0.3) is 0 Å². The number of nitrogens with one attached hydrogen (secondary N) is 2. The first-order valence-electron chi connectivity index (χ1n) is 7.46. The van der Waals surface area contributed by atoms with E-state index in [0.717, 1.165) is 44.4 Å². The highest BCUT2D eigenvalue weighted by molar-refractivity contribution is 5.82. The molecule has 20 heavy (non-hydrogen) atoms.